The van der Waals surface area contributed by atoms with Gasteiger partial charge in [0.2, 0.25) is 0 Å². The monoisotopic (exact) mass is 380 g/mol. The van der Waals surface area contributed by atoms with Crippen LogP contribution in [0.15, 0.2) is 35.7 Å². The van der Waals surface area contributed by atoms with Crippen LogP contribution in [0.3, 0.4) is 0 Å². The van der Waals surface area contributed by atoms with Gasteiger partial charge >= 0.3 is 6.61 Å². The Morgan fingerprint density at radius 2 is 1.92 bits per heavy atom. The minimum atomic E-state index is -2.94. The molecule has 0 bridgehead atoms. The van der Waals surface area contributed by atoms with Crippen LogP contribution in [0, 0.1) is 6.92 Å². The fourth-order valence-electron chi connectivity index (χ4n) is 3.22. The van der Waals surface area contributed by atoms with E-state index in [1.165, 1.54) is 11.6 Å². The zero-order valence-electron chi connectivity index (χ0n) is 14.6. The predicted octanol–water partition coefficient (Wildman–Crippen LogP) is 4.22. The summed E-state index contributed by atoms with van der Waals surface area (Å²) < 4.78 is 29.3. The van der Waals surface area contributed by atoms with Crippen molar-refractivity contribution in [1.29, 1.82) is 0 Å². The highest BCUT2D eigenvalue weighted by Crippen LogP contribution is 2.28. The van der Waals surface area contributed by atoms with Gasteiger partial charge in [-0.1, -0.05) is 29.8 Å². The molecule has 1 aromatic carbocycles. The summed E-state index contributed by atoms with van der Waals surface area (Å²) in [5, 5.41) is 4.47. The predicted molar refractivity (Wildman–Crippen MR) is 98.0 cm³/mol. The maximum Gasteiger partial charge on any atom is 0.387 e. The second kappa shape index (κ2) is 8.60. The van der Waals surface area contributed by atoms with Crippen molar-refractivity contribution in [3.05, 3.63) is 51.7 Å². The third-order valence-corrected chi connectivity index (χ3v) is 5.45. The molecule has 1 aliphatic heterocycles. The molecule has 1 aliphatic rings. The number of carbonyl (C=O) groups is 1. The van der Waals surface area contributed by atoms with E-state index < -0.39 is 6.61 Å². The highest BCUT2D eigenvalue weighted by molar-refractivity contribution is 7.12. The van der Waals surface area contributed by atoms with Crippen LogP contribution < -0.4 is 10.1 Å². The number of nitrogens with one attached hydrogen (secondary N) is 1. The Morgan fingerprint density at radius 1 is 1.23 bits per heavy atom. The molecule has 26 heavy (non-hydrogen) atoms. The zero-order chi connectivity index (χ0) is 18.5. The van der Waals surface area contributed by atoms with E-state index >= 15 is 0 Å². The molecule has 0 aliphatic carbocycles. The molecule has 1 unspecified atom stereocenters. The lowest BCUT2D eigenvalue weighted by molar-refractivity contribution is -0.0498. The van der Waals surface area contributed by atoms with Gasteiger partial charge in [-0.25, -0.2) is 0 Å². The van der Waals surface area contributed by atoms with Gasteiger partial charge in [0.05, 0.1) is 6.04 Å². The number of thiophene rings is 1. The van der Waals surface area contributed by atoms with Gasteiger partial charge in [0.15, 0.2) is 0 Å². The maximum atomic E-state index is 12.5. The summed E-state index contributed by atoms with van der Waals surface area (Å²) in [4.78, 5) is 15.0. The summed E-state index contributed by atoms with van der Waals surface area (Å²) in [6.45, 7) is 1.51. The molecular weight excluding hydrogens is 358 g/mol. The van der Waals surface area contributed by atoms with E-state index in [1.54, 1.807) is 5.38 Å². The fraction of sp³-hybridized carbons (Fsp3) is 0.421. The molecule has 1 atom stereocenters. The van der Waals surface area contributed by atoms with Crippen molar-refractivity contribution in [2.24, 2.45) is 0 Å². The second-order valence-corrected chi connectivity index (χ2v) is 7.29. The molecule has 1 fully saturated rings. The highest BCUT2D eigenvalue weighted by Gasteiger charge is 2.25. The summed E-state index contributed by atoms with van der Waals surface area (Å²) in [7, 11) is 0. The van der Waals surface area contributed by atoms with Crippen LogP contribution in [0.2, 0.25) is 0 Å². The molecular formula is C19H22F2N2O2S. The van der Waals surface area contributed by atoms with Crippen molar-refractivity contribution >= 4 is 17.2 Å². The molecule has 1 amide bonds. The van der Waals surface area contributed by atoms with Gasteiger partial charge in [-0.15, -0.1) is 11.3 Å². The second-order valence-electron chi connectivity index (χ2n) is 6.37. The standard InChI is InChI=1S/C19H22F2N2O2S/c1-13-4-6-14(7-5-13)15(23-9-2-3-10-23)12-22-18(24)17-16(8-11-26-17)25-19(20)21/h4-8,11,15,19H,2-3,9-10,12H2,1H3,(H,22,24). The minimum Gasteiger partial charge on any atom is -0.433 e. The van der Waals surface area contributed by atoms with Gasteiger partial charge in [-0.3, -0.25) is 9.69 Å². The minimum absolute atomic E-state index is 0.0708. The van der Waals surface area contributed by atoms with Gasteiger partial charge in [0.25, 0.3) is 5.91 Å². The number of benzene rings is 1. The summed E-state index contributed by atoms with van der Waals surface area (Å²) >= 11 is 1.10. The Kier molecular flexibility index (Phi) is 6.21. The largest absolute Gasteiger partial charge is 0.433 e. The lowest BCUT2D eigenvalue weighted by Gasteiger charge is -2.28. The van der Waals surface area contributed by atoms with Crippen LogP contribution in [0.5, 0.6) is 5.75 Å². The topological polar surface area (TPSA) is 41.6 Å². The van der Waals surface area contributed by atoms with Gasteiger partial charge in [-0.2, -0.15) is 8.78 Å². The first-order valence-electron chi connectivity index (χ1n) is 8.65. The number of alkyl halides is 2. The number of halogens is 2. The Hall–Kier alpha value is -1.99. The molecule has 1 aromatic heterocycles. The maximum absolute atomic E-state index is 12.5. The first kappa shape index (κ1) is 18.8. The molecule has 140 valence electrons. The smallest absolute Gasteiger partial charge is 0.387 e. The number of ether oxygens (including phenoxy) is 1. The summed E-state index contributed by atoms with van der Waals surface area (Å²) in [5.74, 6) is -0.456. The molecule has 4 nitrogen and oxygen atoms in total. The van der Waals surface area contributed by atoms with Crippen molar-refractivity contribution in [1.82, 2.24) is 10.2 Å². The molecule has 0 radical (unpaired) electrons. The zero-order valence-corrected chi connectivity index (χ0v) is 15.4. The third kappa shape index (κ3) is 4.59. The van der Waals surface area contributed by atoms with E-state index in [0.717, 1.165) is 42.8 Å². The molecule has 0 saturated carbocycles. The molecule has 1 N–H and O–H groups in total. The van der Waals surface area contributed by atoms with E-state index in [0.29, 0.717) is 6.54 Å². The Morgan fingerprint density at radius 3 is 2.58 bits per heavy atom. The van der Waals surface area contributed by atoms with Crippen LogP contribution in [0.25, 0.3) is 0 Å². The van der Waals surface area contributed by atoms with Crippen molar-refractivity contribution in [3.63, 3.8) is 0 Å². The van der Waals surface area contributed by atoms with E-state index in [1.807, 2.05) is 6.92 Å². The number of amides is 1. The number of nitrogens with zero attached hydrogens (tertiary/aromatic N) is 1. The van der Waals surface area contributed by atoms with E-state index in [-0.39, 0.29) is 22.6 Å². The number of rotatable bonds is 7. The molecule has 2 aromatic rings. The van der Waals surface area contributed by atoms with Crippen molar-refractivity contribution < 1.29 is 18.3 Å². The first-order chi connectivity index (χ1) is 12.5. The number of hydrogen-bond acceptors (Lipinski definition) is 4. The average molecular weight is 380 g/mol. The van der Waals surface area contributed by atoms with Crippen LogP contribution >= 0.6 is 11.3 Å². The molecule has 3 rings (SSSR count). The lowest BCUT2D eigenvalue weighted by Crippen LogP contribution is -2.36. The summed E-state index contributed by atoms with van der Waals surface area (Å²) in [6, 6.07) is 9.76. The Labute approximate surface area is 155 Å². The van der Waals surface area contributed by atoms with Crippen LogP contribution in [0.1, 0.15) is 39.7 Å². The van der Waals surface area contributed by atoms with Gasteiger partial charge in [-0.05, 0) is 49.9 Å². The van der Waals surface area contributed by atoms with Crippen LogP contribution in [-0.2, 0) is 0 Å². The molecule has 2 heterocycles. The highest BCUT2D eigenvalue weighted by atomic mass is 32.1. The Balaban J connectivity index is 1.70. The lowest BCUT2D eigenvalue weighted by atomic mass is 10.0. The first-order valence-corrected chi connectivity index (χ1v) is 9.53. The van der Waals surface area contributed by atoms with E-state index in [4.69, 9.17) is 0 Å². The van der Waals surface area contributed by atoms with E-state index in [9.17, 15) is 13.6 Å². The van der Waals surface area contributed by atoms with Gasteiger partial charge in [0.1, 0.15) is 10.6 Å². The fourth-order valence-corrected chi connectivity index (χ4v) is 3.96. The van der Waals surface area contributed by atoms with Crippen molar-refractivity contribution in [3.8, 4) is 5.75 Å². The quantitative estimate of drug-likeness (QED) is 0.782. The average Bonchev–Trinajstić information content (AvgIpc) is 3.28. The SMILES string of the molecule is Cc1ccc(C(CNC(=O)c2sccc2OC(F)F)N2CCCC2)cc1. The normalized spacial score (nSPS) is 16.0. The van der Waals surface area contributed by atoms with E-state index in [2.05, 4.69) is 39.2 Å². The summed E-state index contributed by atoms with van der Waals surface area (Å²) in [6.07, 6.45) is 2.29. The molecule has 0 spiro atoms. The third-order valence-electron chi connectivity index (χ3n) is 4.55. The molecule has 7 heteroatoms. The van der Waals surface area contributed by atoms with Crippen LogP contribution in [0.4, 0.5) is 8.78 Å². The van der Waals surface area contributed by atoms with Gasteiger partial charge < -0.3 is 10.1 Å². The molecule has 1 saturated heterocycles. The van der Waals surface area contributed by atoms with Crippen LogP contribution in [-0.4, -0.2) is 37.1 Å². The van der Waals surface area contributed by atoms with Gasteiger partial charge in [0, 0.05) is 6.54 Å². The van der Waals surface area contributed by atoms with Crippen molar-refractivity contribution in [2.45, 2.75) is 32.4 Å². The Bertz CT molecular complexity index is 727. The van der Waals surface area contributed by atoms with Crippen molar-refractivity contribution in [2.75, 3.05) is 19.6 Å². The number of carbonyl (C=O) groups excluding carboxylic acids is 1. The number of hydrogen-bond donors (Lipinski definition) is 1. The number of aryl methyl sites for hydroxylation is 1. The number of likely N-dealkylation sites (tertiary alicyclic amines) is 1. The summed E-state index contributed by atoms with van der Waals surface area (Å²) in [5.41, 5.74) is 2.33.